The number of rotatable bonds is 11. The Hall–Kier alpha value is -0.480. The summed E-state index contributed by atoms with van der Waals surface area (Å²) in [6, 6.07) is 0. The zero-order valence-electron chi connectivity index (χ0n) is 10.6. The molecule has 0 rings (SSSR count). The quantitative estimate of drug-likeness (QED) is 0.285. The van der Waals surface area contributed by atoms with Crippen LogP contribution in [-0.4, -0.2) is 67.2 Å². The van der Waals surface area contributed by atoms with Crippen LogP contribution in [0.5, 0.6) is 0 Å². The van der Waals surface area contributed by atoms with E-state index < -0.39 is 67.3 Å². The Labute approximate surface area is 131 Å². The molecule has 0 aromatic heterocycles. The van der Waals surface area contributed by atoms with Gasteiger partial charge in [0.15, 0.2) is 0 Å². The molecule has 0 aromatic rings. The maximum atomic E-state index is 11.0. The molecule has 3 N–H and O–H groups in total. The van der Waals surface area contributed by atoms with Crippen LogP contribution in [0.1, 0.15) is 0 Å². The first-order valence-electron chi connectivity index (χ1n) is 4.81. The Balaban J connectivity index is 4.87. The molecule has 140 valence electrons. The predicted octanol–water partition coefficient (Wildman–Crippen LogP) is -2.68. The molecule has 0 aromatic carbocycles. The molecule has 0 radical (unpaired) electrons. The van der Waals surface area contributed by atoms with E-state index >= 15 is 0 Å². The Bertz CT molecular complexity index is 748. The fourth-order valence-corrected chi connectivity index (χ4v) is 2.90. The van der Waals surface area contributed by atoms with E-state index in [1.165, 1.54) is 0 Å². The standard InChI is InChI=1S/C4H10O15S4/c5-20(6,7)16-1-4(2-17-21(8,9)10)3-18-23(14,15)19-22(11,12)13/h4H,1-3H2,(H,5,6,7)(H,8,9,10)(H,11,12,13). The lowest BCUT2D eigenvalue weighted by molar-refractivity contribution is 0.116. The summed E-state index contributed by atoms with van der Waals surface area (Å²) in [6.07, 6.45) is 0. The summed E-state index contributed by atoms with van der Waals surface area (Å²) in [4.78, 5) is 0. The van der Waals surface area contributed by atoms with Crippen LogP contribution in [0, 0.1) is 5.92 Å². The third kappa shape index (κ3) is 14.8. The van der Waals surface area contributed by atoms with Crippen molar-refractivity contribution in [1.29, 1.82) is 0 Å². The SMILES string of the molecule is O=S(=O)(O)OCC(COS(=O)(=O)O)COS(=O)(=O)OS(=O)(=O)O. The van der Waals surface area contributed by atoms with Gasteiger partial charge in [-0.25, -0.2) is 12.5 Å². The van der Waals surface area contributed by atoms with Gasteiger partial charge in [-0.05, 0) is 0 Å². The summed E-state index contributed by atoms with van der Waals surface area (Å²) in [6.45, 7) is -3.35. The fraction of sp³-hybridized carbons (Fsp3) is 1.00. The third-order valence-electron chi connectivity index (χ3n) is 1.52. The summed E-state index contributed by atoms with van der Waals surface area (Å²) in [5.74, 6) is -1.57. The second-order valence-electron chi connectivity index (χ2n) is 3.48. The first-order chi connectivity index (χ1) is 9.99. The third-order valence-corrected chi connectivity index (χ3v) is 4.17. The predicted molar refractivity (Wildman–Crippen MR) is 66.0 cm³/mol. The van der Waals surface area contributed by atoms with Crippen LogP contribution >= 0.6 is 0 Å². The summed E-state index contributed by atoms with van der Waals surface area (Å²) in [7, 11) is -20.8. The highest BCUT2D eigenvalue weighted by atomic mass is 32.3. The molecule has 23 heavy (non-hydrogen) atoms. The highest BCUT2D eigenvalue weighted by Gasteiger charge is 2.25. The normalized spacial score (nSPS) is 14.3. The van der Waals surface area contributed by atoms with Crippen molar-refractivity contribution in [2.24, 2.45) is 5.92 Å². The Morgan fingerprint density at radius 1 is 0.609 bits per heavy atom. The minimum Gasteiger partial charge on any atom is -0.264 e. The lowest BCUT2D eigenvalue weighted by atomic mass is 10.2. The van der Waals surface area contributed by atoms with E-state index in [0.29, 0.717) is 0 Å². The van der Waals surface area contributed by atoms with E-state index in [0.717, 1.165) is 0 Å². The van der Waals surface area contributed by atoms with E-state index in [1.54, 1.807) is 0 Å². The summed E-state index contributed by atoms with van der Waals surface area (Å²) >= 11 is 0. The lowest BCUT2D eigenvalue weighted by Gasteiger charge is -2.14. The molecule has 0 saturated carbocycles. The maximum Gasteiger partial charge on any atom is 0.416 e. The molecule has 0 aliphatic carbocycles. The van der Waals surface area contributed by atoms with Gasteiger partial charge in [0.1, 0.15) is 0 Å². The summed E-state index contributed by atoms with van der Waals surface area (Å²) < 4.78 is 123. The van der Waals surface area contributed by atoms with Gasteiger partial charge in [-0.15, -0.1) is 3.63 Å². The van der Waals surface area contributed by atoms with Gasteiger partial charge in [0.2, 0.25) is 0 Å². The zero-order chi connectivity index (χ0) is 18.5. The van der Waals surface area contributed by atoms with Crippen LogP contribution in [0.25, 0.3) is 0 Å². The van der Waals surface area contributed by atoms with Crippen LogP contribution in [0.4, 0.5) is 0 Å². The molecule has 0 spiro atoms. The molecule has 0 saturated heterocycles. The van der Waals surface area contributed by atoms with Crippen molar-refractivity contribution in [2.75, 3.05) is 19.8 Å². The van der Waals surface area contributed by atoms with Gasteiger partial charge < -0.3 is 0 Å². The lowest BCUT2D eigenvalue weighted by Crippen LogP contribution is -2.27. The largest absolute Gasteiger partial charge is 0.416 e. The van der Waals surface area contributed by atoms with Crippen molar-refractivity contribution in [3.63, 3.8) is 0 Å². The Morgan fingerprint density at radius 2 is 0.957 bits per heavy atom. The molecule has 0 fully saturated rings. The van der Waals surface area contributed by atoms with Crippen molar-refractivity contribution in [3.05, 3.63) is 0 Å². The van der Waals surface area contributed by atoms with E-state index in [2.05, 4.69) is 16.2 Å². The average molecular weight is 426 g/mol. The number of hydrogen-bond donors (Lipinski definition) is 3. The molecule has 0 bridgehead atoms. The van der Waals surface area contributed by atoms with Gasteiger partial charge in [-0.1, -0.05) is 0 Å². The monoisotopic (exact) mass is 426 g/mol. The van der Waals surface area contributed by atoms with Crippen molar-refractivity contribution in [2.45, 2.75) is 0 Å². The van der Waals surface area contributed by atoms with Crippen molar-refractivity contribution < 1.29 is 63.5 Å². The molecular weight excluding hydrogens is 416 g/mol. The molecule has 0 heterocycles. The second kappa shape index (κ2) is 8.06. The molecule has 0 aliphatic rings. The van der Waals surface area contributed by atoms with Gasteiger partial charge in [0, 0.05) is 5.92 Å². The van der Waals surface area contributed by atoms with E-state index in [9.17, 15) is 33.7 Å². The highest BCUT2D eigenvalue weighted by Crippen LogP contribution is 2.09. The minimum absolute atomic E-state index is 1.09. The topological polar surface area (TPSA) is 234 Å². The van der Waals surface area contributed by atoms with Gasteiger partial charge in [-0.2, -0.15) is 33.7 Å². The van der Waals surface area contributed by atoms with Gasteiger partial charge >= 0.3 is 41.6 Å². The van der Waals surface area contributed by atoms with Crippen LogP contribution in [0.15, 0.2) is 0 Å². The first-order valence-corrected chi connectivity index (χ1v) is 10.2. The Kier molecular flexibility index (Phi) is 7.90. The molecule has 15 nitrogen and oxygen atoms in total. The van der Waals surface area contributed by atoms with Gasteiger partial charge in [0.05, 0.1) is 19.8 Å². The highest BCUT2D eigenvalue weighted by molar-refractivity contribution is 7.94. The smallest absolute Gasteiger partial charge is 0.264 e. The van der Waals surface area contributed by atoms with Crippen molar-refractivity contribution in [3.8, 4) is 0 Å². The van der Waals surface area contributed by atoms with Crippen LogP contribution in [0.2, 0.25) is 0 Å². The average Bonchev–Trinajstić information content (AvgIpc) is 2.21. The zero-order valence-corrected chi connectivity index (χ0v) is 13.8. The van der Waals surface area contributed by atoms with E-state index in [4.69, 9.17) is 13.7 Å². The molecule has 0 aliphatic heterocycles. The molecule has 0 amide bonds. The molecule has 19 heteroatoms. The van der Waals surface area contributed by atoms with E-state index in [1.807, 2.05) is 0 Å². The molecule has 0 unspecified atom stereocenters. The van der Waals surface area contributed by atoms with Crippen LogP contribution in [0.3, 0.4) is 0 Å². The minimum atomic E-state index is -5.45. The maximum absolute atomic E-state index is 11.0. The van der Waals surface area contributed by atoms with Gasteiger partial charge in [-0.3, -0.25) is 13.7 Å². The van der Waals surface area contributed by atoms with Crippen molar-refractivity contribution in [1.82, 2.24) is 0 Å². The number of hydrogen-bond acceptors (Lipinski definition) is 12. The van der Waals surface area contributed by atoms with Crippen molar-refractivity contribution >= 4 is 41.6 Å². The fourth-order valence-electron chi connectivity index (χ4n) is 0.813. The van der Waals surface area contributed by atoms with Crippen LogP contribution in [-0.2, 0) is 57.8 Å². The second-order valence-corrected chi connectivity index (χ2v) is 8.11. The van der Waals surface area contributed by atoms with Gasteiger partial charge in [0.25, 0.3) is 0 Å². The summed E-state index contributed by atoms with van der Waals surface area (Å²) in [5.41, 5.74) is 0. The Morgan fingerprint density at radius 3 is 1.26 bits per heavy atom. The molecule has 0 atom stereocenters. The van der Waals surface area contributed by atoms with Crippen LogP contribution < -0.4 is 0 Å². The summed E-state index contributed by atoms with van der Waals surface area (Å²) in [5, 5.41) is 0. The van der Waals surface area contributed by atoms with E-state index in [-0.39, 0.29) is 0 Å². The first kappa shape index (κ1) is 22.5. The molecular formula is C4H10O15S4.